The second-order valence-electron chi connectivity index (χ2n) is 6.25. The molecular formula is C23H19NO2. The van der Waals surface area contributed by atoms with E-state index in [9.17, 15) is 4.79 Å². The minimum atomic E-state index is 0.00376. The van der Waals surface area contributed by atoms with Crippen molar-refractivity contribution in [1.29, 1.82) is 0 Å². The van der Waals surface area contributed by atoms with Gasteiger partial charge in [-0.1, -0.05) is 66.7 Å². The number of rotatable bonds is 4. The van der Waals surface area contributed by atoms with E-state index < -0.39 is 0 Å². The predicted molar refractivity (Wildman–Crippen MR) is 105 cm³/mol. The maximum Gasteiger partial charge on any atom is 0.258 e. The monoisotopic (exact) mass is 341 g/mol. The molecule has 3 aromatic carbocycles. The molecule has 26 heavy (non-hydrogen) atoms. The van der Waals surface area contributed by atoms with Crippen molar-refractivity contribution in [2.75, 3.05) is 11.9 Å². The highest BCUT2D eigenvalue weighted by molar-refractivity contribution is 6.35. The van der Waals surface area contributed by atoms with E-state index in [-0.39, 0.29) is 5.91 Å². The van der Waals surface area contributed by atoms with Crippen LogP contribution in [0.25, 0.3) is 11.6 Å². The molecule has 3 aromatic rings. The fourth-order valence-corrected chi connectivity index (χ4v) is 3.16. The van der Waals surface area contributed by atoms with E-state index in [2.05, 4.69) is 0 Å². The van der Waals surface area contributed by atoms with E-state index in [0.717, 1.165) is 28.1 Å². The molecule has 3 nitrogen and oxygen atoms in total. The zero-order chi connectivity index (χ0) is 17.9. The van der Waals surface area contributed by atoms with Crippen molar-refractivity contribution >= 4 is 23.2 Å². The van der Waals surface area contributed by atoms with Gasteiger partial charge in [0, 0.05) is 23.7 Å². The van der Waals surface area contributed by atoms with E-state index in [1.807, 2.05) is 84.9 Å². The van der Waals surface area contributed by atoms with Gasteiger partial charge in [0.25, 0.3) is 5.91 Å². The first-order valence-corrected chi connectivity index (χ1v) is 8.59. The zero-order valence-electron chi connectivity index (χ0n) is 14.6. The molecule has 0 radical (unpaired) electrons. The van der Waals surface area contributed by atoms with Crippen molar-refractivity contribution in [3.05, 3.63) is 95.6 Å². The molecule has 0 bridgehead atoms. The molecule has 0 unspecified atom stereocenters. The van der Waals surface area contributed by atoms with E-state index in [0.29, 0.717) is 12.2 Å². The number of fused-ring (bicyclic) bond motifs is 1. The smallest absolute Gasteiger partial charge is 0.258 e. The van der Waals surface area contributed by atoms with Crippen molar-refractivity contribution < 1.29 is 9.53 Å². The summed E-state index contributed by atoms with van der Waals surface area (Å²) in [7, 11) is 1.81. The van der Waals surface area contributed by atoms with Gasteiger partial charge in [0.1, 0.15) is 12.4 Å². The number of amides is 1. The normalized spacial score (nSPS) is 14.6. The number of carbonyl (C=O) groups is 1. The minimum Gasteiger partial charge on any atom is -0.488 e. The summed E-state index contributed by atoms with van der Waals surface area (Å²) in [6.07, 6.45) is 1.92. The molecule has 0 saturated carbocycles. The molecule has 1 aliphatic heterocycles. The van der Waals surface area contributed by atoms with Crippen LogP contribution in [0.5, 0.6) is 5.75 Å². The molecule has 1 heterocycles. The van der Waals surface area contributed by atoms with Crippen LogP contribution in [0.4, 0.5) is 5.69 Å². The van der Waals surface area contributed by atoms with Gasteiger partial charge < -0.3 is 9.64 Å². The third-order valence-corrected chi connectivity index (χ3v) is 4.55. The van der Waals surface area contributed by atoms with Crippen molar-refractivity contribution in [3.63, 3.8) is 0 Å². The number of nitrogens with zero attached hydrogens (tertiary/aromatic N) is 1. The quantitative estimate of drug-likeness (QED) is 0.639. The van der Waals surface area contributed by atoms with E-state index >= 15 is 0 Å². The molecule has 128 valence electrons. The number of carbonyl (C=O) groups excluding carboxylic acids is 1. The van der Waals surface area contributed by atoms with Gasteiger partial charge in [-0.2, -0.15) is 0 Å². The van der Waals surface area contributed by atoms with Crippen LogP contribution in [0, 0.1) is 0 Å². The van der Waals surface area contributed by atoms with Gasteiger partial charge in [0.15, 0.2) is 0 Å². The highest BCUT2D eigenvalue weighted by Crippen LogP contribution is 2.37. The summed E-state index contributed by atoms with van der Waals surface area (Å²) >= 11 is 0. The highest BCUT2D eigenvalue weighted by atomic mass is 16.5. The third kappa shape index (κ3) is 3.00. The van der Waals surface area contributed by atoms with Crippen LogP contribution < -0.4 is 9.64 Å². The van der Waals surface area contributed by atoms with Crippen LogP contribution in [0.2, 0.25) is 0 Å². The lowest BCUT2D eigenvalue weighted by Crippen LogP contribution is -2.20. The number of hydrogen-bond donors (Lipinski definition) is 0. The Balaban J connectivity index is 1.67. The highest BCUT2D eigenvalue weighted by Gasteiger charge is 2.29. The number of ether oxygens (including phenoxy) is 1. The molecule has 4 rings (SSSR count). The lowest BCUT2D eigenvalue weighted by Gasteiger charge is -2.10. The van der Waals surface area contributed by atoms with Crippen LogP contribution in [0.3, 0.4) is 0 Å². The van der Waals surface area contributed by atoms with Gasteiger partial charge in [-0.3, -0.25) is 4.79 Å². The first kappa shape index (κ1) is 16.2. The summed E-state index contributed by atoms with van der Waals surface area (Å²) in [4.78, 5) is 14.4. The summed E-state index contributed by atoms with van der Waals surface area (Å²) in [6.45, 7) is 0.492. The average Bonchev–Trinajstić information content (AvgIpc) is 2.93. The summed E-state index contributed by atoms with van der Waals surface area (Å²) in [5.41, 5.74) is 4.59. The van der Waals surface area contributed by atoms with E-state index in [1.165, 1.54) is 0 Å². The molecule has 1 aliphatic rings. The van der Waals surface area contributed by atoms with Gasteiger partial charge in [0.2, 0.25) is 0 Å². The first-order valence-electron chi connectivity index (χ1n) is 8.59. The number of benzene rings is 3. The van der Waals surface area contributed by atoms with Crippen LogP contribution in [-0.4, -0.2) is 13.0 Å². The van der Waals surface area contributed by atoms with Crippen molar-refractivity contribution in [3.8, 4) is 5.75 Å². The molecule has 0 aliphatic carbocycles. The molecule has 3 heteroatoms. The average molecular weight is 341 g/mol. The van der Waals surface area contributed by atoms with Gasteiger partial charge in [-0.25, -0.2) is 0 Å². The Morgan fingerprint density at radius 1 is 0.885 bits per heavy atom. The standard InChI is InChI=1S/C23H19NO2/c1-24-21-13-7-6-12-19(21)20(23(24)25)15-18-11-5-8-14-22(18)26-16-17-9-3-2-4-10-17/h2-15H,16H2,1H3. The van der Waals surface area contributed by atoms with Gasteiger partial charge >= 0.3 is 0 Å². The summed E-state index contributed by atoms with van der Waals surface area (Å²) in [5.74, 6) is 0.771. The van der Waals surface area contributed by atoms with Gasteiger partial charge in [-0.15, -0.1) is 0 Å². The molecule has 0 spiro atoms. The molecule has 0 N–H and O–H groups in total. The maximum atomic E-state index is 12.7. The second kappa shape index (κ2) is 6.89. The van der Waals surface area contributed by atoms with Crippen molar-refractivity contribution in [2.45, 2.75) is 6.61 Å². The molecular weight excluding hydrogens is 322 g/mol. The molecule has 0 saturated heterocycles. The fraction of sp³-hybridized carbons (Fsp3) is 0.0870. The SMILES string of the molecule is CN1C(=O)C(=Cc2ccccc2OCc2ccccc2)c2ccccc21. The number of likely N-dealkylation sites (N-methyl/N-ethyl adjacent to an activating group) is 1. The Labute approximate surface area is 153 Å². The Hall–Kier alpha value is -3.33. The number of hydrogen-bond acceptors (Lipinski definition) is 2. The maximum absolute atomic E-state index is 12.7. The zero-order valence-corrected chi connectivity index (χ0v) is 14.6. The van der Waals surface area contributed by atoms with Crippen LogP contribution in [-0.2, 0) is 11.4 Å². The third-order valence-electron chi connectivity index (χ3n) is 4.55. The van der Waals surface area contributed by atoms with Gasteiger partial charge in [-0.05, 0) is 23.8 Å². The van der Waals surface area contributed by atoms with E-state index in [4.69, 9.17) is 4.74 Å². The fourth-order valence-electron chi connectivity index (χ4n) is 3.16. The number of para-hydroxylation sites is 2. The molecule has 0 aromatic heterocycles. The Morgan fingerprint density at radius 2 is 1.58 bits per heavy atom. The summed E-state index contributed by atoms with van der Waals surface area (Å²) in [6, 6.07) is 25.7. The predicted octanol–water partition coefficient (Wildman–Crippen LogP) is 4.78. The van der Waals surface area contributed by atoms with Crippen LogP contribution in [0.15, 0.2) is 78.9 Å². The van der Waals surface area contributed by atoms with Crippen molar-refractivity contribution in [1.82, 2.24) is 0 Å². The van der Waals surface area contributed by atoms with Gasteiger partial charge in [0.05, 0.1) is 5.69 Å². The first-order chi connectivity index (χ1) is 12.7. The Morgan fingerprint density at radius 3 is 2.42 bits per heavy atom. The topological polar surface area (TPSA) is 29.5 Å². The lowest BCUT2D eigenvalue weighted by atomic mass is 10.0. The number of anilines is 1. The molecule has 0 atom stereocenters. The van der Waals surface area contributed by atoms with Crippen LogP contribution >= 0.6 is 0 Å². The summed E-state index contributed by atoms with van der Waals surface area (Å²) in [5, 5.41) is 0. The lowest BCUT2D eigenvalue weighted by molar-refractivity contribution is -0.112. The van der Waals surface area contributed by atoms with E-state index in [1.54, 1.807) is 11.9 Å². The largest absolute Gasteiger partial charge is 0.488 e. The molecule has 0 fully saturated rings. The Kier molecular flexibility index (Phi) is 4.28. The molecule has 1 amide bonds. The Bertz CT molecular complexity index is 976. The van der Waals surface area contributed by atoms with Crippen LogP contribution in [0.1, 0.15) is 16.7 Å². The minimum absolute atomic E-state index is 0.00376. The van der Waals surface area contributed by atoms with Crippen molar-refractivity contribution in [2.24, 2.45) is 0 Å². The summed E-state index contributed by atoms with van der Waals surface area (Å²) < 4.78 is 6.01. The second-order valence-corrected chi connectivity index (χ2v) is 6.25.